The summed E-state index contributed by atoms with van der Waals surface area (Å²) >= 11 is 0. The number of carboxylic acids is 1. The lowest BCUT2D eigenvalue weighted by molar-refractivity contribution is -0.145. The second-order valence-corrected chi connectivity index (χ2v) is 3.45. The van der Waals surface area contributed by atoms with Gasteiger partial charge in [0.05, 0.1) is 12.0 Å². The van der Waals surface area contributed by atoms with Gasteiger partial charge in [0.1, 0.15) is 0 Å². The maximum Gasteiger partial charge on any atom is 0.307 e. The number of carbonyl (C=O) groups is 1. The Morgan fingerprint density at radius 3 is 2.54 bits per heavy atom. The Balaban J connectivity index is 2.51. The Bertz CT molecular complexity index is 199. The zero-order valence-corrected chi connectivity index (χ0v) is 7.41. The Labute approximate surface area is 75.3 Å². The van der Waals surface area contributed by atoms with Gasteiger partial charge >= 0.3 is 5.97 Å². The number of piperidine rings is 1. The monoisotopic (exact) mass is 193 g/mol. The second-order valence-electron chi connectivity index (χ2n) is 3.45. The van der Waals surface area contributed by atoms with Crippen molar-refractivity contribution >= 4 is 5.97 Å². The molecule has 0 unspecified atom stereocenters. The first-order valence-corrected chi connectivity index (χ1v) is 4.23. The van der Waals surface area contributed by atoms with Crippen LogP contribution in [0.25, 0.3) is 0 Å². The number of halogens is 2. The normalized spacial score (nSPS) is 30.8. The van der Waals surface area contributed by atoms with Crippen molar-refractivity contribution in [2.45, 2.75) is 25.3 Å². The lowest BCUT2D eigenvalue weighted by atomic mass is 9.93. The highest BCUT2D eigenvalue weighted by Gasteiger charge is 2.34. The SMILES string of the molecule is CN1C[C@H](C(=O)O)CC[C@@H]1C(F)F. The van der Waals surface area contributed by atoms with Crippen molar-refractivity contribution in [3.8, 4) is 0 Å². The molecule has 5 heteroatoms. The van der Waals surface area contributed by atoms with Crippen LogP contribution in [0.2, 0.25) is 0 Å². The van der Waals surface area contributed by atoms with Crippen molar-refractivity contribution in [2.24, 2.45) is 5.92 Å². The molecule has 3 nitrogen and oxygen atoms in total. The molecule has 1 heterocycles. The van der Waals surface area contributed by atoms with E-state index in [2.05, 4.69) is 0 Å². The third kappa shape index (κ3) is 2.37. The fourth-order valence-electron chi connectivity index (χ4n) is 1.69. The molecule has 13 heavy (non-hydrogen) atoms. The lowest BCUT2D eigenvalue weighted by Gasteiger charge is -2.34. The lowest BCUT2D eigenvalue weighted by Crippen LogP contribution is -2.46. The van der Waals surface area contributed by atoms with Crippen LogP contribution in [0.3, 0.4) is 0 Å². The van der Waals surface area contributed by atoms with Crippen molar-refractivity contribution in [3.63, 3.8) is 0 Å². The van der Waals surface area contributed by atoms with E-state index in [1.165, 1.54) is 4.90 Å². The molecule has 1 rings (SSSR count). The fourth-order valence-corrected chi connectivity index (χ4v) is 1.69. The summed E-state index contributed by atoms with van der Waals surface area (Å²) in [5.74, 6) is -1.38. The molecule has 2 atom stereocenters. The van der Waals surface area contributed by atoms with Crippen LogP contribution in [0.5, 0.6) is 0 Å². The highest BCUT2D eigenvalue weighted by atomic mass is 19.3. The van der Waals surface area contributed by atoms with Gasteiger partial charge in [-0.3, -0.25) is 9.69 Å². The minimum atomic E-state index is -2.38. The Morgan fingerprint density at radius 2 is 2.15 bits per heavy atom. The molecule has 0 spiro atoms. The predicted octanol–water partition coefficient (Wildman–Crippen LogP) is 1.05. The first-order chi connectivity index (χ1) is 6.02. The molecule has 1 aliphatic heterocycles. The van der Waals surface area contributed by atoms with Gasteiger partial charge in [0.2, 0.25) is 0 Å². The Kier molecular flexibility index (Phi) is 3.19. The maximum absolute atomic E-state index is 12.3. The summed E-state index contributed by atoms with van der Waals surface area (Å²) in [7, 11) is 1.55. The van der Waals surface area contributed by atoms with E-state index in [0.29, 0.717) is 6.42 Å². The van der Waals surface area contributed by atoms with Gasteiger partial charge in [-0.2, -0.15) is 0 Å². The highest BCUT2D eigenvalue weighted by Crippen LogP contribution is 2.24. The zero-order chi connectivity index (χ0) is 10.0. The number of nitrogens with zero attached hydrogens (tertiary/aromatic N) is 1. The summed E-state index contributed by atoms with van der Waals surface area (Å²) in [6.45, 7) is 0.227. The smallest absolute Gasteiger partial charge is 0.307 e. The van der Waals surface area contributed by atoms with Crippen LogP contribution >= 0.6 is 0 Å². The molecule has 1 saturated heterocycles. The molecule has 0 amide bonds. The van der Waals surface area contributed by atoms with Gasteiger partial charge in [0, 0.05) is 6.54 Å². The van der Waals surface area contributed by atoms with Gasteiger partial charge in [0.15, 0.2) is 0 Å². The molecule has 0 aromatic rings. The minimum Gasteiger partial charge on any atom is -0.481 e. The molecule has 0 aliphatic carbocycles. The average molecular weight is 193 g/mol. The van der Waals surface area contributed by atoms with Gasteiger partial charge in [-0.1, -0.05) is 0 Å². The molecule has 0 radical (unpaired) electrons. The fraction of sp³-hybridized carbons (Fsp3) is 0.875. The van der Waals surface area contributed by atoms with E-state index in [0.717, 1.165) is 0 Å². The van der Waals surface area contributed by atoms with Crippen LogP contribution in [0.4, 0.5) is 8.78 Å². The van der Waals surface area contributed by atoms with Crippen LogP contribution in [0, 0.1) is 5.92 Å². The van der Waals surface area contributed by atoms with Crippen molar-refractivity contribution in [3.05, 3.63) is 0 Å². The number of hydrogen-bond acceptors (Lipinski definition) is 2. The van der Waals surface area contributed by atoms with Crippen LogP contribution < -0.4 is 0 Å². The third-order valence-electron chi connectivity index (χ3n) is 2.53. The second kappa shape index (κ2) is 4.00. The Morgan fingerprint density at radius 1 is 1.54 bits per heavy atom. The molecule has 0 saturated carbocycles. The number of aliphatic carboxylic acids is 1. The van der Waals surface area contributed by atoms with Crippen LogP contribution in [-0.2, 0) is 4.79 Å². The van der Waals surface area contributed by atoms with E-state index in [1.807, 2.05) is 0 Å². The number of hydrogen-bond donors (Lipinski definition) is 1. The Hall–Kier alpha value is -0.710. The van der Waals surface area contributed by atoms with E-state index in [-0.39, 0.29) is 13.0 Å². The van der Waals surface area contributed by atoms with E-state index in [9.17, 15) is 13.6 Å². The summed E-state index contributed by atoms with van der Waals surface area (Å²) in [6.07, 6.45) is -1.75. The van der Waals surface area contributed by atoms with Crippen molar-refractivity contribution in [1.29, 1.82) is 0 Å². The van der Waals surface area contributed by atoms with Gasteiger partial charge in [-0.15, -0.1) is 0 Å². The van der Waals surface area contributed by atoms with Crippen molar-refractivity contribution in [1.82, 2.24) is 4.90 Å². The molecule has 1 fully saturated rings. The van der Waals surface area contributed by atoms with E-state index in [4.69, 9.17) is 5.11 Å². The van der Waals surface area contributed by atoms with Crippen molar-refractivity contribution in [2.75, 3.05) is 13.6 Å². The molecule has 1 aliphatic rings. The minimum absolute atomic E-state index is 0.227. The van der Waals surface area contributed by atoms with Crippen LogP contribution in [-0.4, -0.2) is 42.0 Å². The molecule has 1 N–H and O–H groups in total. The standard InChI is InChI=1S/C8H13F2NO2/c1-11-4-5(8(12)13)2-3-6(11)7(9)10/h5-7H,2-4H2,1H3,(H,12,13)/t5-,6-/m1/s1. The largest absolute Gasteiger partial charge is 0.481 e. The van der Waals surface area contributed by atoms with Crippen LogP contribution in [0.15, 0.2) is 0 Å². The molecule has 0 aromatic carbocycles. The maximum atomic E-state index is 12.3. The van der Waals surface area contributed by atoms with Gasteiger partial charge in [-0.05, 0) is 19.9 Å². The molecular formula is C8H13F2NO2. The number of carboxylic acid groups (broad SMARTS) is 1. The van der Waals surface area contributed by atoms with Gasteiger partial charge in [0.25, 0.3) is 6.43 Å². The summed E-state index contributed by atoms with van der Waals surface area (Å²) < 4.78 is 24.6. The summed E-state index contributed by atoms with van der Waals surface area (Å²) in [4.78, 5) is 12.0. The first kappa shape index (κ1) is 10.4. The zero-order valence-electron chi connectivity index (χ0n) is 7.41. The summed E-state index contributed by atoms with van der Waals surface area (Å²) in [5.41, 5.74) is 0. The topological polar surface area (TPSA) is 40.5 Å². The summed E-state index contributed by atoms with van der Waals surface area (Å²) in [6, 6.07) is -0.768. The number of likely N-dealkylation sites (tertiary alicyclic amines) is 1. The van der Waals surface area contributed by atoms with E-state index >= 15 is 0 Å². The number of rotatable bonds is 2. The molecule has 0 aromatic heterocycles. The predicted molar refractivity (Wildman–Crippen MR) is 42.8 cm³/mol. The molecular weight excluding hydrogens is 180 g/mol. The summed E-state index contributed by atoms with van der Waals surface area (Å²) in [5, 5.41) is 8.67. The highest BCUT2D eigenvalue weighted by molar-refractivity contribution is 5.70. The average Bonchev–Trinajstić information content (AvgIpc) is 2.03. The van der Waals surface area contributed by atoms with Crippen LogP contribution in [0.1, 0.15) is 12.8 Å². The molecule has 0 bridgehead atoms. The van der Waals surface area contributed by atoms with E-state index in [1.54, 1.807) is 7.05 Å². The number of alkyl halides is 2. The third-order valence-corrected chi connectivity index (χ3v) is 2.53. The quantitative estimate of drug-likeness (QED) is 0.712. The van der Waals surface area contributed by atoms with Gasteiger partial charge in [-0.25, -0.2) is 8.78 Å². The van der Waals surface area contributed by atoms with E-state index < -0.39 is 24.4 Å². The van der Waals surface area contributed by atoms with Gasteiger partial charge < -0.3 is 5.11 Å². The van der Waals surface area contributed by atoms with Crippen molar-refractivity contribution < 1.29 is 18.7 Å². The first-order valence-electron chi connectivity index (χ1n) is 4.23. The molecule has 76 valence electrons.